The summed E-state index contributed by atoms with van der Waals surface area (Å²) in [6.07, 6.45) is 2.56. The Morgan fingerprint density at radius 3 is 2.14 bits per heavy atom. The third-order valence-corrected chi connectivity index (χ3v) is 5.94. The van der Waals surface area contributed by atoms with Gasteiger partial charge in [0.1, 0.15) is 0 Å². The minimum atomic E-state index is -2.76. The molecule has 0 aliphatic carbocycles. The average molecular weight is 512 g/mol. The number of halogens is 2. The molecule has 0 unspecified atom stereocenters. The van der Waals surface area contributed by atoms with Crippen molar-refractivity contribution in [1.29, 1.82) is 0 Å². The third kappa shape index (κ3) is 4.52. The third-order valence-electron chi connectivity index (χ3n) is 5.33. The maximum atomic E-state index is 13.8. The summed E-state index contributed by atoms with van der Waals surface area (Å²) in [4.78, 5) is 52.1. The van der Waals surface area contributed by atoms with Crippen LogP contribution in [0.5, 0.6) is 0 Å². The van der Waals surface area contributed by atoms with E-state index in [0.717, 1.165) is 24.1 Å². The monoisotopic (exact) mass is 512 g/mol. The Morgan fingerprint density at radius 1 is 0.861 bits per heavy atom. The van der Waals surface area contributed by atoms with Gasteiger partial charge in [-0.25, -0.2) is 22.7 Å². The van der Waals surface area contributed by atoms with E-state index in [2.05, 4.69) is 4.36 Å². The lowest BCUT2D eigenvalue weighted by atomic mass is 10.0. The van der Waals surface area contributed by atoms with Gasteiger partial charge in [0, 0.05) is 27.8 Å². The van der Waals surface area contributed by atoms with Crippen LogP contribution in [0.1, 0.15) is 41.4 Å². The van der Waals surface area contributed by atoms with E-state index in [4.69, 9.17) is 4.74 Å². The number of fused-ring (bicyclic) bond motifs is 1. The molecule has 1 aliphatic heterocycles. The largest absolute Gasteiger partial charge is 0.465 e. The SMILES string of the molecule is COC(=O)c1ccc(-c2ccc(F)c(F)c2)cc1N1C(=O)c2ccc(C(=O)N=S(C)(C)=O)cc2C1=O. The Labute approximate surface area is 204 Å². The van der Waals surface area contributed by atoms with Crippen molar-refractivity contribution in [2.75, 3.05) is 24.5 Å². The van der Waals surface area contributed by atoms with Crippen LogP contribution >= 0.6 is 0 Å². The number of rotatable bonds is 4. The number of carbonyl (C=O) groups excluding carboxylic acids is 4. The number of amides is 3. The van der Waals surface area contributed by atoms with Crippen molar-refractivity contribution >= 4 is 39.1 Å². The molecule has 0 saturated carbocycles. The van der Waals surface area contributed by atoms with Gasteiger partial charge in [0.05, 0.1) is 29.5 Å². The zero-order valence-corrected chi connectivity index (χ0v) is 20.0. The van der Waals surface area contributed by atoms with Crippen molar-refractivity contribution in [3.63, 3.8) is 0 Å². The van der Waals surface area contributed by atoms with Crippen LogP contribution < -0.4 is 4.90 Å². The summed E-state index contributed by atoms with van der Waals surface area (Å²) in [5, 5.41) is 0. The van der Waals surface area contributed by atoms with Crippen molar-refractivity contribution in [1.82, 2.24) is 0 Å². The summed E-state index contributed by atoms with van der Waals surface area (Å²) in [5.74, 6) is -5.41. The Kier molecular flexibility index (Phi) is 6.27. The smallest absolute Gasteiger partial charge is 0.339 e. The van der Waals surface area contributed by atoms with Crippen molar-refractivity contribution in [2.45, 2.75) is 0 Å². The lowest BCUT2D eigenvalue weighted by Crippen LogP contribution is -2.31. The van der Waals surface area contributed by atoms with Crippen LogP contribution in [0.2, 0.25) is 0 Å². The Morgan fingerprint density at radius 2 is 1.50 bits per heavy atom. The molecule has 0 radical (unpaired) electrons. The lowest BCUT2D eigenvalue weighted by Gasteiger charge is -2.18. The summed E-state index contributed by atoms with van der Waals surface area (Å²) in [6, 6.07) is 10.9. The predicted octanol–water partition coefficient (Wildman–Crippen LogP) is 4.09. The highest BCUT2D eigenvalue weighted by Gasteiger charge is 2.39. The van der Waals surface area contributed by atoms with Crippen molar-refractivity contribution in [3.05, 3.63) is 88.5 Å². The fourth-order valence-electron chi connectivity index (χ4n) is 3.70. The minimum absolute atomic E-state index is 0.0284. The molecule has 1 aliphatic rings. The van der Waals surface area contributed by atoms with E-state index in [1.54, 1.807) is 0 Å². The maximum Gasteiger partial charge on any atom is 0.339 e. The predicted molar refractivity (Wildman–Crippen MR) is 127 cm³/mol. The number of ether oxygens (including phenoxy) is 1. The molecule has 11 heteroatoms. The second kappa shape index (κ2) is 9.08. The fourth-order valence-corrected chi connectivity index (χ4v) is 4.20. The zero-order chi connectivity index (χ0) is 26.4. The quantitative estimate of drug-likeness (QED) is 0.385. The van der Waals surface area contributed by atoms with Gasteiger partial charge in [-0.05, 0) is 53.6 Å². The molecule has 0 N–H and O–H groups in total. The average Bonchev–Trinajstić information content (AvgIpc) is 3.08. The number of methoxy groups -OCH3 is 1. The highest BCUT2D eigenvalue weighted by molar-refractivity contribution is 7.92. The molecule has 0 saturated heterocycles. The highest BCUT2D eigenvalue weighted by Crippen LogP contribution is 2.35. The van der Waals surface area contributed by atoms with Gasteiger partial charge in [-0.2, -0.15) is 4.36 Å². The highest BCUT2D eigenvalue weighted by atomic mass is 32.2. The summed E-state index contributed by atoms with van der Waals surface area (Å²) >= 11 is 0. The number of esters is 1. The fraction of sp³-hybridized carbons (Fsp3) is 0.120. The molecule has 0 bridgehead atoms. The van der Waals surface area contributed by atoms with E-state index in [-0.39, 0.29) is 33.5 Å². The molecule has 0 fully saturated rings. The van der Waals surface area contributed by atoms with Gasteiger partial charge in [-0.15, -0.1) is 0 Å². The van der Waals surface area contributed by atoms with Crippen molar-refractivity contribution in [2.24, 2.45) is 4.36 Å². The van der Waals surface area contributed by atoms with Gasteiger partial charge in [0.15, 0.2) is 11.6 Å². The van der Waals surface area contributed by atoms with Crippen LogP contribution in [0, 0.1) is 11.6 Å². The molecule has 3 amide bonds. The van der Waals surface area contributed by atoms with Gasteiger partial charge < -0.3 is 4.74 Å². The molecular formula is C25H18F2N2O6S. The first-order valence-corrected chi connectivity index (χ1v) is 12.7. The van der Waals surface area contributed by atoms with Crippen LogP contribution in [-0.2, 0) is 14.5 Å². The number of carbonyl (C=O) groups is 4. The van der Waals surface area contributed by atoms with E-state index >= 15 is 0 Å². The number of hydrogen-bond acceptors (Lipinski definition) is 6. The number of nitrogens with zero attached hydrogens (tertiary/aromatic N) is 2. The van der Waals surface area contributed by atoms with Gasteiger partial charge in [-0.3, -0.25) is 14.4 Å². The molecular weight excluding hydrogens is 494 g/mol. The van der Waals surface area contributed by atoms with Crippen molar-refractivity contribution < 1.29 is 36.9 Å². The first kappa shape index (κ1) is 24.9. The van der Waals surface area contributed by atoms with Crippen LogP contribution in [0.4, 0.5) is 14.5 Å². The van der Waals surface area contributed by atoms with Gasteiger partial charge >= 0.3 is 5.97 Å². The normalized spacial score (nSPS) is 13.0. The molecule has 3 aromatic carbocycles. The second-order valence-electron chi connectivity index (χ2n) is 8.14. The molecule has 3 aromatic rings. The van der Waals surface area contributed by atoms with E-state index in [9.17, 15) is 32.2 Å². The number of benzene rings is 3. The molecule has 1 heterocycles. The minimum Gasteiger partial charge on any atom is -0.465 e. The lowest BCUT2D eigenvalue weighted by molar-refractivity contribution is 0.0601. The molecule has 184 valence electrons. The van der Waals surface area contributed by atoms with Crippen molar-refractivity contribution in [3.8, 4) is 11.1 Å². The molecule has 8 nitrogen and oxygen atoms in total. The van der Waals surface area contributed by atoms with Crippen LogP contribution in [0.25, 0.3) is 11.1 Å². The van der Waals surface area contributed by atoms with Crippen LogP contribution in [0.3, 0.4) is 0 Å². The summed E-state index contributed by atoms with van der Waals surface area (Å²) in [5.41, 5.74) is 0.0770. The van der Waals surface area contributed by atoms with E-state index in [1.165, 1.54) is 55.0 Å². The second-order valence-corrected chi connectivity index (χ2v) is 10.7. The Balaban J connectivity index is 1.84. The number of imide groups is 1. The topological polar surface area (TPSA) is 110 Å². The van der Waals surface area contributed by atoms with Gasteiger partial charge in [0.25, 0.3) is 17.7 Å². The first-order valence-electron chi connectivity index (χ1n) is 10.3. The molecule has 4 rings (SSSR count). The summed E-state index contributed by atoms with van der Waals surface area (Å²) in [7, 11) is -1.63. The van der Waals surface area contributed by atoms with Crippen LogP contribution in [0.15, 0.2) is 59.0 Å². The van der Waals surface area contributed by atoms with Gasteiger partial charge in [0.2, 0.25) is 0 Å². The summed E-state index contributed by atoms with van der Waals surface area (Å²) in [6.45, 7) is 0. The number of hydrogen-bond donors (Lipinski definition) is 0. The maximum absolute atomic E-state index is 13.8. The standard InChI is InChI=1S/C25H18F2N2O6S/c1-35-25(33)17-8-4-14(13-6-9-19(26)20(27)11-13)12-21(17)29-23(31)16-7-5-15(10-18(16)24(29)32)22(30)28-36(2,3)34/h4-12H,1-3H3. The zero-order valence-electron chi connectivity index (χ0n) is 19.2. The number of anilines is 1. The molecule has 0 atom stereocenters. The van der Waals surface area contributed by atoms with E-state index in [1.807, 2.05) is 0 Å². The Hall–Kier alpha value is -4.25. The van der Waals surface area contributed by atoms with Gasteiger partial charge in [-0.1, -0.05) is 12.1 Å². The van der Waals surface area contributed by atoms with E-state index < -0.39 is 45.1 Å². The summed E-state index contributed by atoms with van der Waals surface area (Å²) < 4.78 is 47.5. The molecule has 0 spiro atoms. The van der Waals surface area contributed by atoms with E-state index in [0.29, 0.717) is 5.56 Å². The molecule has 36 heavy (non-hydrogen) atoms. The molecule has 0 aromatic heterocycles. The Bertz CT molecular complexity index is 1600. The first-order chi connectivity index (χ1) is 16.9. The van der Waals surface area contributed by atoms with Crippen LogP contribution in [-0.4, -0.2) is 47.5 Å².